The van der Waals surface area contributed by atoms with Crippen LogP contribution in [0.2, 0.25) is 0 Å². The number of rotatable bonds is 6. The number of nitrogens with zero attached hydrogens (tertiary/aromatic N) is 4. The molecule has 7 nitrogen and oxygen atoms in total. The van der Waals surface area contributed by atoms with Crippen molar-refractivity contribution in [2.45, 2.75) is 57.5 Å². The largest absolute Gasteiger partial charge is 0.356 e. The van der Waals surface area contributed by atoms with E-state index in [9.17, 15) is 9.59 Å². The van der Waals surface area contributed by atoms with E-state index in [1.807, 2.05) is 9.47 Å². The predicted molar refractivity (Wildman–Crippen MR) is 84.3 cm³/mol. The summed E-state index contributed by atoms with van der Waals surface area (Å²) in [6.45, 7) is 2.04. The molecule has 0 unspecified atom stereocenters. The van der Waals surface area contributed by atoms with Gasteiger partial charge in [0.25, 0.3) is 0 Å². The van der Waals surface area contributed by atoms with E-state index in [2.05, 4.69) is 15.5 Å². The summed E-state index contributed by atoms with van der Waals surface area (Å²) < 4.78 is 1.90. The van der Waals surface area contributed by atoms with Crippen molar-refractivity contribution < 1.29 is 9.59 Å². The molecule has 1 aliphatic carbocycles. The van der Waals surface area contributed by atoms with Crippen molar-refractivity contribution in [3.05, 3.63) is 12.7 Å². The quantitative estimate of drug-likeness (QED) is 0.792. The molecule has 7 heteroatoms. The lowest BCUT2D eigenvalue weighted by Crippen LogP contribution is -2.49. The first-order valence-electron chi connectivity index (χ1n) is 8.63. The number of piperidine rings is 1. The molecule has 2 fully saturated rings. The molecule has 1 aromatic rings. The molecule has 2 amide bonds. The minimum absolute atomic E-state index is 0.0526. The van der Waals surface area contributed by atoms with Crippen LogP contribution in [0.1, 0.15) is 44.9 Å². The first-order valence-corrected chi connectivity index (χ1v) is 8.63. The molecular formula is C16H25N5O2. The number of carbonyl (C=O) groups is 2. The zero-order chi connectivity index (χ0) is 16.1. The highest BCUT2D eigenvalue weighted by Gasteiger charge is 2.34. The number of aryl methyl sites for hydroxylation is 1. The van der Waals surface area contributed by atoms with Crippen molar-refractivity contribution in [3.8, 4) is 0 Å². The summed E-state index contributed by atoms with van der Waals surface area (Å²) in [6, 6.07) is 0.367. The summed E-state index contributed by atoms with van der Waals surface area (Å²) >= 11 is 0. The number of aromatic nitrogens is 3. The Balaban J connectivity index is 1.42. The fraction of sp³-hybridized carbons (Fsp3) is 0.750. The number of likely N-dealkylation sites (tertiary alicyclic amines) is 1. The van der Waals surface area contributed by atoms with Gasteiger partial charge in [-0.1, -0.05) is 12.8 Å². The summed E-state index contributed by atoms with van der Waals surface area (Å²) in [7, 11) is 0. The Morgan fingerprint density at radius 3 is 2.70 bits per heavy atom. The number of nitrogens with one attached hydrogen (secondary N) is 1. The Bertz CT molecular complexity index is 525. The molecule has 1 atom stereocenters. The van der Waals surface area contributed by atoms with Gasteiger partial charge in [0.15, 0.2) is 0 Å². The molecule has 1 aromatic heterocycles. The Morgan fingerprint density at radius 2 is 1.96 bits per heavy atom. The van der Waals surface area contributed by atoms with Crippen molar-refractivity contribution in [1.82, 2.24) is 25.0 Å². The molecular weight excluding hydrogens is 294 g/mol. The minimum atomic E-state index is -0.0526. The van der Waals surface area contributed by atoms with Gasteiger partial charge in [0.05, 0.1) is 5.92 Å². The van der Waals surface area contributed by atoms with Crippen LogP contribution in [-0.2, 0) is 16.1 Å². The maximum absolute atomic E-state index is 12.3. The molecule has 0 radical (unpaired) electrons. The predicted octanol–water partition coefficient (Wildman–Crippen LogP) is 0.966. The molecule has 1 aliphatic heterocycles. The molecule has 126 valence electrons. The zero-order valence-corrected chi connectivity index (χ0v) is 13.5. The molecule has 1 saturated heterocycles. The molecule has 0 bridgehead atoms. The van der Waals surface area contributed by atoms with Crippen molar-refractivity contribution >= 4 is 11.8 Å². The van der Waals surface area contributed by atoms with Crippen LogP contribution in [0.5, 0.6) is 0 Å². The lowest BCUT2D eigenvalue weighted by molar-refractivity contribution is -0.140. The van der Waals surface area contributed by atoms with E-state index in [0.29, 0.717) is 32.0 Å². The van der Waals surface area contributed by atoms with Crippen LogP contribution in [0, 0.1) is 5.92 Å². The highest BCUT2D eigenvalue weighted by atomic mass is 16.2. The van der Waals surface area contributed by atoms with E-state index in [1.165, 1.54) is 12.8 Å². The summed E-state index contributed by atoms with van der Waals surface area (Å²) in [5, 5.41) is 10.5. The number of carbonyl (C=O) groups excluding carboxylic acids is 2. The summed E-state index contributed by atoms with van der Waals surface area (Å²) in [5.41, 5.74) is 0. The highest BCUT2D eigenvalue weighted by Crippen LogP contribution is 2.28. The standard InChI is InChI=1S/C16H25N5O2/c22-15-7-6-13(10-21(15)14-4-1-2-5-14)16(23)17-8-3-9-20-11-18-19-12-20/h11-14H,1-10H2,(H,17,23)/t13-/m0/s1. The van der Waals surface area contributed by atoms with Crippen LogP contribution in [0.4, 0.5) is 0 Å². The van der Waals surface area contributed by atoms with Gasteiger partial charge >= 0.3 is 0 Å². The minimum Gasteiger partial charge on any atom is -0.356 e. The van der Waals surface area contributed by atoms with Gasteiger partial charge in [-0.2, -0.15) is 0 Å². The lowest BCUT2D eigenvalue weighted by Gasteiger charge is -2.36. The Kier molecular flexibility index (Phi) is 5.25. The van der Waals surface area contributed by atoms with Crippen LogP contribution in [-0.4, -0.2) is 50.6 Å². The van der Waals surface area contributed by atoms with Crippen LogP contribution >= 0.6 is 0 Å². The maximum Gasteiger partial charge on any atom is 0.224 e. The van der Waals surface area contributed by atoms with Gasteiger partial charge in [-0.15, -0.1) is 10.2 Å². The summed E-state index contributed by atoms with van der Waals surface area (Å²) in [5.74, 6) is 0.265. The molecule has 1 saturated carbocycles. The van der Waals surface area contributed by atoms with E-state index in [-0.39, 0.29) is 17.7 Å². The lowest BCUT2D eigenvalue weighted by atomic mass is 9.95. The van der Waals surface area contributed by atoms with Gasteiger partial charge < -0.3 is 14.8 Å². The number of amides is 2. The van der Waals surface area contributed by atoms with E-state index in [4.69, 9.17) is 0 Å². The molecule has 3 rings (SSSR count). The van der Waals surface area contributed by atoms with E-state index in [0.717, 1.165) is 25.8 Å². The van der Waals surface area contributed by atoms with Crippen LogP contribution in [0.3, 0.4) is 0 Å². The number of hydrogen-bond donors (Lipinski definition) is 1. The molecule has 2 heterocycles. The molecule has 23 heavy (non-hydrogen) atoms. The second-order valence-corrected chi connectivity index (χ2v) is 6.56. The molecule has 2 aliphatic rings. The van der Waals surface area contributed by atoms with Gasteiger partial charge in [-0.25, -0.2) is 0 Å². The first-order chi connectivity index (χ1) is 11.2. The Morgan fingerprint density at radius 1 is 1.22 bits per heavy atom. The molecule has 0 spiro atoms. The maximum atomic E-state index is 12.3. The SMILES string of the molecule is O=C(NCCCn1cnnc1)[C@H]1CCC(=O)N(C2CCCC2)C1. The smallest absolute Gasteiger partial charge is 0.224 e. The average molecular weight is 319 g/mol. The van der Waals surface area contributed by atoms with E-state index in [1.54, 1.807) is 12.7 Å². The van der Waals surface area contributed by atoms with Crippen molar-refractivity contribution in [1.29, 1.82) is 0 Å². The highest BCUT2D eigenvalue weighted by molar-refractivity contribution is 5.84. The molecule has 0 aromatic carbocycles. The Hall–Kier alpha value is -1.92. The molecule has 1 N–H and O–H groups in total. The summed E-state index contributed by atoms with van der Waals surface area (Å²) in [6.07, 6.45) is 9.99. The topological polar surface area (TPSA) is 80.1 Å². The third-order valence-corrected chi connectivity index (χ3v) is 4.94. The van der Waals surface area contributed by atoms with Gasteiger partial charge in [0.1, 0.15) is 12.7 Å². The third-order valence-electron chi connectivity index (χ3n) is 4.94. The third kappa shape index (κ3) is 4.09. The average Bonchev–Trinajstić information content (AvgIpc) is 3.25. The van der Waals surface area contributed by atoms with Gasteiger partial charge in [-0.3, -0.25) is 9.59 Å². The van der Waals surface area contributed by atoms with Crippen LogP contribution in [0.25, 0.3) is 0 Å². The van der Waals surface area contributed by atoms with Crippen molar-refractivity contribution in [2.75, 3.05) is 13.1 Å². The van der Waals surface area contributed by atoms with E-state index >= 15 is 0 Å². The summed E-state index contributed by atoms with van der Waals surface area (Å²) in [4.78, 5) is 26.4. The van der Waals surface area contributed by atoms with Gasteiger partial charge in [-0.05, 0) is 25.7 Å². The van der Waals surface area contributed by atoms with Gasteiger partial charge in [0, 0.05) is 32.1 Å². The fourth-order valence-corrected chi connectivity index (χ4v) is 3.61. The fourth-order valence-electron chi connectivity index (χ4n) is 3.61. The van der Waals surface area contributed by atoms with E-state index < -0.39 is 0 Å². The number of hydrogen-bond acceptors (Lipinski definition) is 4. The van der Waals surface area contributed by atoms with Crippen LogP contribution < -0.4 is 5.32 Å². The first kappa shape index (κ1) is 16.0. The van der Waals surface area contributed by atoms with Crippen molar-refractivity contribution in [2.24, 2.45) is 5.92 Å². The van der Waals surface area contributed by atoms with Crippen molar-refractivity contribution in [3.63, 3.8) is 0 Å². The normalized spacial score (nSPS) is 22.5. The zero-order valence-electron chi connectivity index (χ0n) is 13.5. The monoisotopic (exact) mass is 319 g/mol. The second-order valence-electron chi connectivity index (χ2n) is 6.56. The second kappa shape index (κ2) is 7.57. The Labute approximate surface area is 136 Å². The van der Waals surface area contributed by atoms with Crippen LogP contribution in [0.15, 0.2) is 12.7 Å². The van der Waals surface area contributed by atoms with Gasteiger partial charge in [0.2, 0.25) is 11.8 Å².